The van der Waals surface area contributed by atoms with E-state index >= 15 is 0 Å². The number of rotatable bonds is 2. The third kappa shape index (κ3) is 3.35. The minimum absolute atomic E-state index is 0.327. The number of hydrogen-bond acceptors (Lipinski definition) is 3. The fraction of sp³-hybridized carbons (Fsp3) is 0.222. The first-order valence-corrected chi connectivity index (χ1v) is 8.45. The van der Waals surface area contributed by atoms with Crippen LogP contribution in [0.3, 0.4) is 0 Å². The zero-order valence-corrected chi connectivity index (χ0v) is 15.3. The van der Waals surface area contributed by atoms with Crippen LogP contribution in [-0.4, -0.2) is 29.4 Å². The van der Waals surface area contributed by atoms with Crippen LogP contribution >= 0.6 is 23.4 Å². The molecule has 0 saturated carbocycles. The van der Waals surface area contributed by atoms with Crippen LogP contribution in [0.25, 0.3) is 0 Å². The standard InChI is InChI=1S/C18H17Cl2N3O2/c1-11(24)21-17-18(25)22(2)15-9-8-13(19)10-14(15)16(23(17)20)12-6-4-3-5-7-12/h3-10,16-17H,1-2H3,(H,21,24). The molecule has 0 aliphatic carbocycles. The minimum Gasteiger partial charge on any atom is -0.332 e. The summed E-state index contributed by atoms with van der Waals surface area (Å²) in [6.45, 7) is 1.35. The van der Waals surface area contributed by atoms with Crippen LogP contribution in [0.15, 0.2) is 48.5 Å². The van der Waals surface area contributed by atoms with Gasteiger partial charge < -0.3 is 10.2 Å². The Morgan fingerprint density at radius 1 is 1.16 bits per heavy atom. The number of halogens is 2. The quantitative estimate of drug-likeness (QED) is 0.816. The molecule has 7 heteroatoms. The second-order valence-corrected chi connectivity index (χ2v) is 6.69. The molecule has 0 saturated heterocycles. The van der Waals surface area contributed by atoms with Crippen LogP contribution in [0.2, 0.25) is 5.02 Å². The molecule has 1 N–H and O–H groups in total. The highest BCUT2D eigenvalue weighted by Crippen LogP contribution is 2.41. The molecule has 2 unspecified atom stereocenters. The van der Waals surface area contributed by atoms with Gasteiger partial charge in [0.05, 0.1) is 6.04 Å². The molecule has 2 atom stereocenters. The molecular weight excluding hydrogens is 361 g/mol. The van der Waals surface area contributed by atoms with Crippen LogP contribution in [0.4, 0.5) is 5.69 Å². The van der Waals surface area contributed by atoms with Gasteiger partial charge in [-0.2, -0.15) is 4.42 Å². The summed E-state index contributed by atoms with van der Waals surface area (Å²) in [4.78, 5) is 26.0. The van der Waals surface area contributed by atoms with Gasteiger partial charge in [-0.15, -0.1) is 0 Å². The van der Waals surface area contributed by atoms with E-state index in [1.807, 2.05) is 30.3 Å². The Bertz CT molecular complexity index is 813. The number of carbonyl (C=O) groups excluding carboxylic acids is 2. The Kier molecular flexibility index (Phi) is 4.99. The summed E-state index contributed by atoms with van der Waals surface area (Å²) >= 11 is 12.8. The fourth-order valence-corrected chi connectivity index (χ4v) is 3.54. The van der Waals surface area contributed by atoms with Crippen LogP contribution in [0.5, 0.6) is 0 Å². The SMILES string of the molecule is CC(=O)NC1C(=O)N(C)c2ccc(Cl)cc2C(c2ccccc2)N1Cl. The first-order valence-electron chi connectivity index (χ1n) is 7.73. The Morgan fingerprint density at radius 3 is 2.48 bits per heavy atom. The van der Waals surface area contributed by atoms with Crippen molar-refractivity contribution in [1.29, 1.82) is 0 Å². The lowest BCUT2D eigenvalue weighted by Gasteiger charge is -2.30. The van der Waals surface area contributed by atoms with E-state index in [1.54, 1.807) is 25.2 Å². The molecular formula is C18H17Cl2N3O2. The average molecular weight is 378 g/mol. The maximum absolute atomic E-state index is 12.9. The number of hydrogen-bond donors (Lipinski definition) is 1. The molecule has 1 aliphatic heterocycles. The summed E-state index contributed by atoms with van der Waals surface area (Å²) in [5.41, 5.74) is 2.37. The van der Waals surface area contributed by atoms with E-state index in [2.05, 4.69) is 5.32 Å². The largest absolute Gasteiger partial charge is 0.332 e. The summed E-state index contributed by atoms with van der Waals surface area (Å²) in [5.74, 6) is -0.666. The molecule has 130 valence electrons. The van der Waals surface area contributed by atoms with Crippen molar-refractivity contribution in [3.63, 3.8) is 0 Å². The number of nitrogens with one attached hydrogen (secondary N) is 1. The molecule has 3 rings (SSSR count). The first-order chi connectivity index (χ1) is 11.9. The zero-order chi connectivity index (χ0) is 18.1. The maximum Gasteiger partial charge on any atom is 0.265 e. The van der Waals surface area contributed by atoms with Gasteiger partial charge in [0.1, 0.15) is 0 Å². The van der Waals surface area contributed by atoms with Gasteiger partial charge in [0, 0.05) is 30.2 Å². The molecule has 2 aromatic rings. The normalized spacial score (nSPS) is 20.8. The van der Waals surface area contributed by atoms with Crippen LogP contribution in [0, 0.1) is 0 Å². The zero-order valence-electron chi connectivity index (χ0n) is 13.7. The van der Waals surface area contributed by atoms with Gasteiger partial charge in [-0.1, -0.05) is 41.9 Å². The van der Waals surface area contributed by atoms with Crippen molar-refractivity contribution in [2.75, 3.05) is 11.9 Å². The van der Waals surface area contributed by atoms with Gasteiger partial charge >= 0.3 is 0 Å². The molecule has 0 fully saturated rings. The lowest BCUT2D eigenvalue weighted by molar-refractivity contribution is -0.129. The Balaban J connectivity index is 2.21. The highest BCUT2D eigenvalue weighted by atomic mass is 35.5. The monoisotopic (exact) mass is 377 g/mol. The van der Waals surface area contributed by atoms with E-state index in [0.29, 0.717) is 10.7 Å². The fourth-order valence-electron chi connectivity index (χ4n) is 3.01. The van der Waals surface area contributed by atoms with E-state index < -0.39 is 12.2 Å². The number of benzene rings is 2. The van der Waals surface area contributed by atoms with Crippen LogP contribution < -0.4 is 10.2 Å². The van der Waals surface area contributed by atoms with E-state index in [9.17, 15) is 9.59 Å². The number of likely N-dealkylation sites (N-methyl/N-ethyl adjacent to an activating group) is 1. The predicted molar refractivity (Wildman–Crippen MR) is 98.4 cm³/mol. The Morgan fingerprint density at radius 2 is 1.84 bits per heavy atom. The number of fused-ring (bicyclic) bond motifs is 1. The molecule has 25 heavy (non-hydrogen) atoms. The van der Waals surface area contributed by atoms with Crippen LogP contribution in [0.1, 0.15) is 24.1 Å². The molecule has 0 aromatic heterocycles. The molecule has 5 nitrogen and oxygen atoms in total. The molecule has 0 radical (unpaired) electrons. The first kappa shape index (κ1) is 17.7. The summed E-state index contributed by atoms with van der Waals surface area (Å²) < 4.78 is 1.34. The lowest BCUT2D eigenvalue weighted by Crippen LogP contribution is -2.53. The Hall–Kier alpha value is -2.08. The van der Waals surface area contributed by atoms with E-state index in [1.165, 1.54) is 16.2 Å². The molecule has 0 bridgehead atoms. The third-order valence-electron chi connectivity index (χ3n) is 4.16. The molecule has 1 aliphatic rings. The Labute approximate surface area is 156 Å². The van der Waals surface area contributed by atoms with Crippen molar-refractivity contribution >= 4 is 40.9 Å². The summed E-state index contributed by atoms with van der Waals surface area (Å²) in [7, 11) is 1.65. The second kappa shape index (κ2) is 7.04. The van der Waals surface area contributed by atoms with Gasteiger partial charge in [-0.3, -0.25) is 9.59 Å². The van der Waals surface area contributed by atoms with E-state index in [0.717, 1.165) is 11.1 Å². The summed E-state index contributed by atoms with van der Waals surface area (Å²) in [6, 6.07) is 14.4. The smallest absolute Gasteiger partial charge is 0.265 e. The van der Waals surface area contributed by atoms with Crippen molar-refractivity contribution in [3.8, 4) is 0 Å². The maximum atomic E-state index is 12.9. The van der Waals surface area contributed by atoms with Gasteiger partial charge in [-0.25, -0.2) is 0 Å². The third-order valence-corrected chi connectivity index (χ3v) is 4.78. The van der Waals surface area contributed by atoms with E-state index in [-0.39, 0.29) is 11.8 Å². The van der Waals surface area contributed by atoms with Crippen LogP contribution in [-0.2, 0) is 9.59 Å². The number of carbonyl (C=O) groups is 2. The van der Waals surface area contributed by atoms with Gasteiger partial charge in [0.15, 0.2) is 6.17 Å². The molecule has 1 heterocycles. The van der Waals surface area contributed by atoms with Crippen molar-refractivity contribution in [2.24, 2.45) is 0 Å². The minimum atomic E-state index is -0.999. The van der Waals surface area contributed by atoms with Crippen molar-refractivity contribution < 1.29 is 9.59 Å². The van der Waals surface area contributed by atoms with Gasteiger partial charge in [-0.05, 0) is 35.5 Å². The highest BCUT2D eigenvalue weighted by molar-refractivity contribution is 6.30. The van der Waals surface area contributed by atoms with E-state index in [4.69, 9.17) is 23.4 Å². The molecule has 0 spiro atoms. The predicted octanol–water partition coefficient (Wildman–Crippen LogP) is 3.32. The lowest BCUT2D eigenvalue weighted by atomic mass is 9.97. The number of nitrogens with zero attached hydrogens (tertiary/aromatic N) is 2. The second-order valence-electron chi connectivity index (χ2n) is 5.86. The number of anilines is 1. The topological polar surface area (TPSA) is 52.7 Å². The highest BCUT2D eigenvalue weighted by Gasteiger charge is 2.40. The number of amides is 2. The molecule has 2 amide bonds. The van der Waals surface area contributed by atoms with Gasteiger partial charge in [0.25, 0.3) is 5.91 Å². The van der Waals surface area contributed by atoms with Crippen molar-refractivity contribution in [1.82, 2.24) is 9.74 Å². The van der Waals surface area contributed by atoms with Crippen molar-refractivity contribution in [3.05, 3.63) is 64.7 Å². The van der Waals surface area contributed by atoms with Gasteiger partial charge in [0.2, 0.25) is 5.91 Å². The average Bonchev–Trinajstić information content (AvgIpc) is 2.65. The molecule has 2 aromatic carbocycles. The van der Waals surface area contributed by atoms with Crippen molar-refractivity contribution in [2.45, 2.75) is 19.1 Å². The summed E-state index contributed by atoms with van der Waals surface area (Å²) in [5, 5.41) is 3.18. The summed E-state index contributed by atoms with van der Waals surface area (Å²) in [6.07, 6.45) is -0.999.